The SMILES string of the molecule is CC(C)C(=O)c1ccn(CCCOc2ccccc2)c1. The van der Waals surface area contributed by atoms with Crippen LogP contribution in [0.4, 0.5) is 0 Å². The van der Waals surface area contributed by atoms with Gasteiger partial charge in [0.2, 0.25) is 0 Å². The fourth-order valence-electron chi connectivity index (χ4n) is 2.01. The average molecular weight is 271 g/mol. The smallest absolute Gasteiger partial charge is 0.166 e. The number of ketones is 1. The van der Waals surface area contributed by atoms with Crippen LogP contribution in [-0.2, 0) is 6.54 Å². The topological polar surface area (TPSA) is 31.2 Å². The van der Waals surface area contributed by atoms with Gasteiger partial charge in [-0.25, -0.2) is 0 Å². The molecule has 0 atom stereocenters. The van der Waals surface area contributed by atoms with E-state index in [0.29, 0.717) is 6.61 Å². The maximum atomic E-state index is 11.8. The summed E-state index contributed by atoms with van der Waals surface area (Å²) in [5.74, 6) is 1.15. The lowest BCUT2D eigenvalue weighted by atomic mass is 10.0. The van der Waals surface area contributed by atoms with Crippen LogP contribution in [0.1, 0.15) is 30.6 Å². The van der Waals surface area contributed by atoms with Crippen molar-refractivity contribution in [1.29, 1.82) is 0 Å². The minimum absolute atomic E-state index is 0.0484. The van der Waals surface area contributed by atoms with E-state index in [9.17, 15) is 4.79 Å². The molecule has 0 saturated heterocycles. The third-order valence-corrected chi connectivity index (χ3v) is 3.13. The van der Waals surface area contributed by atoms with E-state index in [-0.39, 0.29) is 11.7 Å². The molecule has 1 aromatic heterocycles. The van der Waals surface area contributed by atoms with Gasteiger partial charge in [-0.3, -0.25) is 4.79 Å². The monoisotopic (exact) mass is 271 g/mol. The Kier molecular flexibility index (Phi) is 4.99. The molecule has 1 heterocycles. The van der Waals surface area contributed by atoms with Gasteiger partial charge in [-0.2, -0.15) is 0 Å². The highest BCUT2D eigenvalue weighted by molar-refractivity contribution is 5.97. The number of para-hydroxylation sites is 1. The molecule has 0 bridgehead atoms. The highest BCUT2D eigenvalue weighted by Crippen LogP contribution is 2.11. The van der Waals surface area contributed by atoms with Gasteiger partial charge in [-0.1, -0.05) is 32.0 Å². The van der Waals surface area contributed by atoms with Crippen molar-refractivity contribution in [3.8, 4) is 5.75 Å². The molecule has 0 aliphatic carbocycles. The Hall–Kier alpha value is -2.03. The van der Waals surface area contributed by atoms with Gasteiger partial charge in [-0.05, 0) is 24.6 Å². The number of benzene rings is 1. The number of carbonyl (C=O) groups is 1. The summed E-state index contributed by atoms with van der Waals surface area (Å²) in [5.41, 5.74) is 0.795. The summed E-state index contributed by atoms with van der Waals surface area (Å²) in [6.07, 6.45) is 4.79. The van der Waals surface area contributed by atoms with E-state index in [1.807, 2.05) is 67.2 Å². The molecular formula is C17H21NO2. The molecule has 20 heavy (non-hydrogen) atoms. The van der Waals surface area contributed by atoms with Gasteiger partial charge in [0.1, 0.15) is 5.75 Å². The largest absolute Gasteiger partial charge is 0.494 e. The lowest BCUT2D eigenvalue weighted by Gasteiger charge is -2.06. The molecule has 0 radical (unpaired) electrons. The third kappa shape index (κ3) is 3.98. The van der Waals surface area contributed by atoms with Crippen LogP contribution in [0.15, 0.2) is 48.8 Å². The van der Waals surface area contributed by atoms with Gasteiger partial charge < -0.3 is 9.30 Å². The number of nitrogens with zero attached hydrogens (tertiary/aromatic N) is 1. The van der Waals surface area contributed by atoms with Gasteiger partial charge in [0, 0.05) is 30.4 Å². The minimum atomic E-state index is 0.0484. The van der Waals surface area contributed by atoms with Crippen LogP contribution in [0, 0.1) is 5.92 Å². The zero-order valence-electron chi connectivity index (χ0n) is 12.1. The first-order valence-corrected chi connectivity index (χ1v) is 7.04. The van der Waals surface area contributed by atoms with Crippen LogP contribution in [0.3, 0.4) is 0 Å². The first kappa shape index (κ1) is 14.4. The normalized spacial score (nSPS) is 10.8. The van der Waals surface area contributed by atoms with E-state index in [0.717, 1.165) is 24.3 Å². The molecule has 106 valence electrons. The Morgan fingerprint density at radius 2 is 1.95 bits per heavy atom. The van der Waals surface area contributed by atoms with E-state index in [4.69, 9.17) is 4.74 Å². The predicted molar refractivity (Wildman–Crippen MR) is 80.2 cm³/mol. The second-order valence-corrected chi connectivity index (χ2v) is 5.17. The predicted octanol–water partition coefficient (Wildman–Crippen LogP) is 3.80. The molecule has 3 nitrogen and oxygen atoms in total. The molecule has 0 unspecified atom stereocenters. The van der Waals surface area contributed by atoms with Crippen molar-refractivity contribution >= 4 is 5.78 Å². The number of rotatable bonds is 7. The van der Waals surface area contributed by atoms with E-state index in [1.165, 1.54) is 0 Å². The summed E-state index contributed by atoms with van der Waals surface area (Å²) in [5, 5.41) is 0. The molecule has 0 fully saturated rings. The second-order valence-electron chi connectivity index (χ2n) is 5.17. The number of aromatic nitrogens is 1. The van der Waals surface area contributed by atoms with Crippen molar-refractivity contribution in [2.24, 2.45) is 5.92 Å². The Bertz CT molecular complexity index is 543. The van der Waals surface area contributed by atoms with Crippen LogP contribution < -0.4 is 4.74 Å². The van der Waals surface area contributed by atoms with Crippen molar-refractivity contribution in [3.05, 3.63) is 54.4 Å². The number of Topliss-reactive ketones (excluding diaryl/α,β-unsaturated/α-hetero) is 1. The summed E-state index contributed by atoms with van der Waals surface area (Å²) in [6, 6.07) is 11.7. The summed E-state index contributed by atoms with van der Waals surface area (Å²) in [7, 11) is 0. The van der Waals surface area contributed by atoms with E-state index < -0.39 is 0 Å². The van der Waals surface area contributed by atoms with E-state index in [2.05, 4.69) is 0 Å². The lowest BCUT2D eigenvalue weighted by molar-refractivity contribution is 0.0939. The molecule has 2 rings (SSSR count). The van der Waals surface area contributed by atoms with Crippen LogP contribution in [0.25, 0.3) is 0 Å². The first-order valence-electron chi connectivity index (χ1n) is 7.04. The number of ether oxygens (including phenoxy) is 1. The van der Waals surface area contributed by atoms with Crippen LogP contribution in [-0.4, -0.2) is 17.0 Å². The summed E-state index contributed by atoms with van der Waals surface area (Å²) in [4.78, 5) is 11.8. The van der Waals surface area contributed by atoms with Crippen LogP contribution in [0.5, 0.6) is 5.75 Å². The maximum absolute atomic E-state index is 11.8. The molecule has 2 aromatic rings. The van der Waals surface area contributed by atoms with E-state index in [1.54, 1.807) is 0 Å². The molecule has 0 aliphatic heterocycles. The molecule has 0 N–H and O–H groups in total. The third-order valence-electron chi connectivity index (χ3n) is 3.13. The number of hydrogen-bond acceptors (Lipinski definition) is 2. The summed E-state index contributed by atoms with van der Waals surface area (Å²) < 4.78 is 7.69. The summed E-state index contributed by atoms with van der Waals surface area (Å²) >= 11 is 0. The van der Waals surface area contributed by atoms with Crippen molar-refractivity contribution in [2.45, 2.75) is 26.8 Å². The fourth-order valence-corrected chi connectivity index (χ4v) is 2.01. The van der Waals surface area contributed by atoms with Gasteiger partial charge in [0.25, 0.3) is 0 Å². The number of aryl methyl sites for hydroxylation is 1. The van der Waals surface area contributed by atoms with Crippen molar-refractivity contribution in [2.75, 3.05) is 6.61 Å². The van der Waals surface area contributed by atoms with Crippen molar-refractivity contribution in [1.82, 2.24) is 4.57 Å². The molecular weight excluding hydrogens is 250 g/mol. The van der Waals surface area contributed by atoms with Gasteiger partial charge >= 0.3 is 0 Å². The molecule has 0 amide bonds. The fraction of sp³-hybridized carbons (Fsp3) is 0.353. The highest BCUT2D eigenvalue weighted by atomic mass is 16.5. The number of carbonyl (C=O) groups excluding carboxylic acids is 1. The maximum Gasteiger partial charge on any atom is 0.166 e. The van der Waals surface area contributed by atoms with Crippen molar-refractivity contribution < 1.29 is 9.53 Å². The molecule has 3 heteroatoms. The Balaban J connectivity index is 1.76. The van der Waals surface area contributed by atoms with Crippen molar-refractivity contribution in [3.63, 3.8) is 0 Å². The lowest BCUT2D eigenvalue weighted by Crippen LogP contribution is -2.07. The Labute approximate surface area is 120 Å². The minimum Gasteiger partial charge on any atom is -0.494 e. The second kappa shape index (κ2) is 6.94. The van der Waals surface area contributed by atoms with Crippen LogP contribution >= 0.6 is 0 Å². The van der Waals surface area contributed by atoms with E-state index >= 15 is 0 Å². The number of hydrogen-bond donors (Lipinski definition) is 0. The molecule has 0 spiro atoms. The molecule has 0 saturated carbocycles. The van der Waals surface area contributed by atoms with Gasteiger partial charge in [0.15, 0.2) is 5.78 Å². The Morgan fingerprint density at radius 1 is 1.20 bits per heavy atom. The van der Waals surface area contributed by atoms with Crippen LogP contribution in [0.2, 0.25) is 0 Å². The van der Waals surface area contributed by atoms with Gasteiger partial charge in [0.05, 0.1) is 6.61 Å². The summed E-state index contributed by atoms with van der Waals surface area (Å²) in [6.45, 7) is 5.38. The molecule has 1 aromatic carbocycles. The molecule has 0 aliphatic rings. The van der Waals surface area contributed by atoms with Gasteiger partial charge in [-0.15, -0.1) is 0 Å². The zero-order valence-corrected chi connectivity index (χ0v) is 12.1. The quantitative estimate of drug-likeness (QED) is 0.566. The first-order chi connectivity index (χ1) is 9.66. The Morgan fingerprint density at radius 3 is 2.65 bits per heavy atom. The standard InChI is InChI=1S/C17H21NO2/c1-14(2)17(19)15-9-11-18(13-15)10-6-12-20-16-7-4-3-5-8-16/h3-5,7-9,11,13-14H,6,10,12H2,1-2H3. The zero-order chi connectivity index (χ0) is 14.4. The highest BCUT2D eigenvalue weighted by Gasteiger charge is 2.11. The average Bonchev–Trinajstić information content (AvgIpc) is 2.92.